The summed E-state index contributed by atoms with van der Waals surface area (Å²) in [7, 11) is 1.66. The second kappa shape index (κ2) is 6.48. The van der Waals surface area contributed by atoms with Crippen molar-refractivity contribution in [2.45, 2.75) is 18.9 Å². The van der Waals surface area contributed by atoms with Gasteiger partial charge >= 0.3 is 0 Å². The molecule has 2 nitrogen and oxygen atoms in total. The monoisotopic (exact) mass is 292 g/mol. The highest BCUT2D eigenvalue weighted by molar-refractivity contribution is 9.10. The maximum absolute atomic E-state index is 9.89. The lowest BCUT2D eigenvalue weighted by Gasteiger charge is -2.12. The van der Waals surface area contributed by atoms with E-state index >= 15 is 0 Å². The first-order valence-corrected chi connectivity index (χ1v) is 5.94. The standard InChI is InChI=1S/C11H14BrClO2/c1-15-6-2-3-11(14)9-5-4-8(13)7-10(9)12/h4-5,7,11,14H,2-3,6H2,1H3. The van der Waals surface area contributed by atoms with Gasteiger partial charge in [-0.05, 0) is 30.5 Å². The fourth-order valence-corrected chi connectivity index (χ4v) is 2.30. The summed E-state index contributed by atoms with van der Waals surface area (Å²) >= 11 is 9.20. The van der Waals surface area contributed by atoms with Crippen molar-refractivity contribution in [3.05, 3.63) is 33.3 Å². The first-order valence-electron chi connectivity index (χ1n) is 4.77. The summed E-state index contributed by atoms with van der Waals surface area (Å²) in [6.07, 6.45) is 1.06. The van der Waals surface area contributed by atoms with Gasteiger partial charge in [0.15, 0.2) is 0 Å². The van der Waals surface area contributed by atoms with E-state index in [1.54, 1.807) is 19.2 Å². The Bertz CT molecular complexity index is 317. The normalized spacial score (nSPS) is 12.8. The Labute approximate surface area is 103 Å². The summed E-state index contributed by atoms with van der Waals surface area (Å²) in [5, 5.41) is 10.6. The maximum Gasteiger partial charge on any atom is 0.0801 e. The molecule has 0 spiro atoms. The Morgan fingerprint density at radius 2 is 2.27 bits per heavy atom. The molecule has 1 aromatic rings. The Morgan fingerprint density at radius 1 is 1.53 bits per heavy atom. The van der Waals surface area contributed by atoms with Crippen LogP contribution in [0.25, 0.3) is 0 Å². The first kappa shape index (κ1) is 13.0. The molecular weight excluding hydrogens is 279 g/mol. The first-order chi connectivity index (χ1) is 7.15. The third-order valence-electron chi connectivity index (χ3n) is 2.15. The third kappa shape index (κ3) is 4.11. The third-order valence-corrected chi connectivity index (χ3v) is 3.07. The number of aliphatic hydroxyl groups is 1. The molecule has 0 saturated heterocycles. The molecule has 0 aliphatic carbocycles. The zero-order valence-electron chi connectivity index (χ0n) is 8.54. The summed E-state index contributed by atoms with van der Waals surface area (Å²) in [6.45, 7) is 0.669. The number of ether oxygens (including phenoxy) is 1. The second-order valence-corrected chi connectivity index (χ2v) is 4.61. The Balaban J connectivity index is 2.61. The van der Waals surface area contributed by atoms with Gasteiger partial charge in [0.1, 0.15) is 0 Å². The van der Waals surface area contributed by atoms with Gasteiger partial charge in [-0.2, -0.15) is 0 Å². The molecule has 0 heterocycles. The highest BCUT2D eigenvalue weighted by Crippen LogP contribution is 2.28. The van der Waals surface area contributed by atoms with Crippen molar-refractivity contribution in [2.75, 3.05) is 13.7 Å². The minimum absolute atomic E-state index is 0.466. The van der Waals surface area contributed by atoms with Crippen molar-refractivity contribution in [3.8, 4) is 0 Å². The smallest absolute Gasteiger partial charge is 0.0801 e. The number of halogens is 2. The Hall–Kier alpha value is -0.0900. The highest BCUT2D eigenvalue weighted by Gasteiger charge is 2.10. The van der Waals surface area contributed by atoms with Crippen LogP contribution in [0, 0.1) is 0 Å². The van der Waals surface area contributed by atoms with Gasteiger partial charge in [-0.25, -0.2) is 0 Å². The van der Waals surface area contributed by atoms with Gasteiger partial charge in [0.2, 0.25) is 0 Å². The molecule has 1 atom stereocenters. The molecule has 1 N–H and O–H groups in total. The second-order valence-electron chi connectivity index (χ2n) is 3.32. The fraction of sp³-hybridized carbons (Fsp3) is 0.455. The maximum atomic E-state index is 9.89. The number of benzene rings is 1. The van der Waals surface area contributed by atoms with Crippen LogP contribution in [0.15, 0.2) is 22.7 Å². The summed E-state index contributed by atoms with van der Waals surface area (Å²) in [5.74, 6) is 0. The Kier molecular flexibility index (Phi) is 5.61. The minimum atomic E-state index is -0.466. The zero-order valence-corrected chi connectivity index (χ0v) is 10.9. The van der Waals surface area contributed by atoms with Crippen molar-refractivity contribution in [1.29, 1.82) is 0 Å². The molecule has 1 unspecified atom stereocenters. The van der Waals surface area contributed by atoms with E-state index in [0.717, 1.165) is 16.5 Å². The van der Waals surface area contributed by atoms with Crippen LogP contribution in [0.1, 0.15) is 24.5 Å². The van der Waals surface area contributed by atoms with E-state index in [0.29, 0.717) is 18.1 Å². The summed E-state index contributed by atoms with van der Waals surface area (Å²) in [4.78, 5) is 0. The molecule has 0 aromatic heterocycles. The minimum Gasteiger partial charge on any atom is -0.388 e. The van der Waals surface area contributed by atoms with Crippen molar-refractivity contribution in [1.82, 2.24) is 0 Å². The van der Waals surface area contributed by atoms with Crippen LogP contribution in [0.2, 0.25) is 5.02 Å². The SMILES string of the molecule is COCCCC(O)c1ccc(Cl)cc1Br. The molecule has 0 saturated carbocycles. The molecule has 15 heavy (non-hydrogen) atoms. The van der Waals surface area contributed by atoms with Crippen LogP contribution in [0.5, 0.6) is 0 Å². The quantitative estimate of drug-likeness (QED) is 0.841. The summed E-state index contributed by atoms with van der Waals surface area (Å²) in [6, 6.07) is 5.40. The average molecular weight is 294 g/mol. The summed E-state index contributed by atoms with van der Waals surface area (Å²) in [5.41, 5.74) is 0.871. The van der Waals surface area contributed by atoms with Crippen LogP contribution in [0.3, 0.4) is 0 Å². The Morgan fingerprint density at radius 3 is 2.87 bits per heavy atom. The molecule has 1 aromatic carbocycles. The van der Waals surface area contributed by atoms with E-state index in [1.807, 2.05) is 6.07 Å². The van der Waals surface area contributed by atoms with Crippen LogP contribution in [-0.4, -0.2) is 18.8 Å². The lowest BCUT2D eigenvalue weighted by Crippen LogP contribution is -2.00. The molecule has 0 aliphatic rings. The lowest BCUT2D eigenvalue weighted by molar-refractivity contribution is 0.136. The van der Waals surface area contributed by atoms with Gasteiger partial charge < -0.3 is 9.84 Å². The van der Waals surface area contributed by atoms with Crippen LogP contribution >= 0.6 is 27.5 Å². The van der Waals surface area contributed by atoms with Gasteiger partial charge in [-0.1, -0.05) is 33.6 Å². The fourth-order valence-electron chi connectivity index (χ4n) is 1.35. The molecule has 4 heteroatoms. The van der Waals surface area contributed by atoms with Crippen molar-refractivity contribution < 1.29 is 9.84 Å². The van der Waals surface area contributed by atoms with Crippen molar-refractivity contribution in [2.24, 2.45) is 0 Å². The number of methoxy groups -OCH3 is 1. The van der Waals surface area contributed by atoms with E-state index < -0.39 is 6.10 Å². The molecule has 0 bridgehead atoms. The predicted molar refractivity (Wildman–Crippen MR) is 65.2 cm³/mol. The topological polar surface area (TPSA) is 29.5 Å². The van der Waals surface area contributed by atoms with E-state index in [4.69, 9.17) is 16.3 Å². The molecule has 84 valence electrons. The molecular formula is C11H14BrClO2. The summed E-state index contributed by atoms with van der Waals surface area (Å²) < 4.78 is 5.78. The van der Waals surface area contributed by atoms with E-state index in [2.05, 4.69) is 15.9 Å². The van der Waals surface area contributed by atoms with Gasteiger partial charge in [0.05, 0.1) is 6.10 Å². The van der Waals surface area contributed by atoms with E-state index in [1.165, 1.54) is 0 Å². The van der Waals surface area contributed by atoms with Gasteiger partial charge in [0.25, 0.3) is 0 Å². The van der Waals surface area contributed by atoms with Gasteiger partial charge in [0, 0.05) is 23.2 Å². The zero-order chi connectivity index (χ0) is 11.3. The largest absolute Gasteiger partial charge is 0.388 e. The van der Waals surface area contributed by atoms with Gasteiger partial charge in [-0.15, -0.1) is 0 Å². The molecule has 0 fully saturated rings. The lowest BCUT2D eigenvalue weighted by atomic mass is 10.1. The van der Waals surface area contributed by atoms with Crippen LogP contribution in [0.4, 0.5) is 0 Å². The number of hydrogen-bond acceptors (Lipinski definition) is 2. The van der Waals surface area contributed by atoms with E-state index in [9.17, 15) is 5.11 Å². The molecule has 1 rings (SSSR count). The van der Waals surface area contributed by atoms with Crippen molar-refractivity contribution >= 4 is 27.5 Å². The molecule has 0 radical (unpaired) electrons. The van der Waals surface area contributed by atoms with Crippen molar-refractivity contribution in [3.63, 3.8) is 0 Å². The predicted octanol–water partition coefficient (Wildman–Crippen LogP) is 3.56. The highest BCUT2D eigenvalue weighted by atomic mass is 79.9. The number of rotatable bonds is 5. The van der Waals surface area contributed by atoms with Crippen LogP contribution in [-0.2, 0) is 4.74 Å². The van der Waals surface area contributed by atoms with E-state index in [-0.39, 0.29) is 0 Å². The molecule has 0 amide bonds. The van der Waals surface area contributed by atoms with Crippen LogP contribution < -0.4 is 0 Å². The van der Waals surface area contributed by atoms with Gasteiger partial charge in [-0.3, -0.25) is 0 Å². The number of aliphatic hydroxyl groups excluding tert-OH is 1. The average Bonchev–Trinajstić information content (AvgIpc) is 2.17. The molecule has 0 aliphatic heterocycles. The number of hydrogen-bond donors (Lipinski definition) is 1.